The highest BCUT2D eigenvalue weighted by molar-refractivity contribution is 6.50. The van der Waals surface area contributed by atoms with E-state index in [2.05, 4.69) is 136 Å². The highest BCUT2D eigenvalue weighted by atomic mass is 16.5. The average molecular weight is 478 g/mol. The summed E-state index contributed by atoms with van der Waals surface area (Å²) in [5.41, 5.74) is 13.9. The van der Waals surface area contributed by atoms with Gasteiger partial charge in [0.1, 0.15) is 0 Å². The number of benzene rings is 5. The highest BCUT2D eigenvalue weighted by Crippen LogP contribution is 2.41. The van der Waals surface area contributed by atoms with Crippen molar-refractivity contribution in [2.24, 2.45) is 0 Å². The van der Waals surface area contributed by atoms with Crippen LogP contribution in [0, 0.1) is 0 Å². The summed E-state index contributed by atoms with van der Waals surface area (Å²) in [5.74, 6) is 0. The zero-order valence-electron chi connectivity index (χ0n) is 21.8. The Morgan fingerprint density at radius 2 is 1.16 bits per heavy atom. The molecule has 0 atom stereocenters. The minimum atomic E-state index is -0.228. The quantitative estimate of drug-likeness (QED) is 0.228. The second-order valence-electron chi connectivity index (χ2n) is 10.9. The molecule has 0 fully saturated rings. The van der Waals surface area contributed by atoms with Gasteiger partial charge in [-0.2, -0.15) is 0 Å². The number of hydrogen-bond donors (Lipinski definition) is 0. The summed E-state index contributed by atoms with van der Waals surface area (Å²) in [6.45, 7) is 6.36. The van der Waals surface area contributed by atoms with Gasteiger partial charge in [0.25, 0.3) is 0 Å². The molecule has 1 nitrogen and oxygen atoms in total. The minimum absolute atomic E-state index is 0.228. The summed E-state index contributed by atoms with van der Waals surface area (Å²) in [6.07, 6.45) is 1.01. The van der Waals surface area contributed by atoms with Crippen LogP contribution in [0.2, 0.25) is 0 Å². The molecular weight excluding hydrogens is 447 g/mol. The normalized spacial score (nSPS) is 12.2. The Bertz CT molecular complexity index is 1560. The summed E-state index contributed by atoms with van der Waals surface area (Å²) in [5, 5.41) is 0. The standard InChI is InChI=1S/C35H31BO/c1-35(2,3)37-36-33-23-29(24-12-6-4-7-13-24)22-32(34(33)25-14-8-5-9-15-25)28-19-18-27-20-26-16-10-11-17-30(26)31(27)21-28/h4-19,21-23,36H,20H2,1-3H3. The van der Waals surface area contributed by atoms with Gasteiger partial charge < -0.3 is 4.65 Å². The van der Waals surface area contributed by atoms with Crippen LogP contribution in [-0.2, 0) is 11.1 Å². The van der Waals surface area contributed by atoms with E-state index < -0.39 is 0 Å². The third-order valence-electron chi connectivity index (χ3n) is 7.16. The van der Waals surface area contributed by atoms with Gasteiger partial charge >= 0.3 is 7.48 Å². The summed E-state index contributed by atoms with van der Waals surface area (Å²) >= 11 is 0. The van der Waals surface area contributed by atoms with Gasteiger partial charge in [0.05, 0.1) is 0 Å². The molecular formula is C35H31BO. The minimum Gasteiger partial charge on any atom is -0.430 e. The van der Waals surface area contributed by atoms with Crippen LogP contribution in [0.3, 0.4) is 0 Å². The van der Waals surface area contributed by atoms with E-state index in [1.54, 1.807) is 0 Å². The first-order valence-corrected chi connectivity index (χ1v) is 13.1. The summed E-state index contributed by atoms with van der Waals surface area (Å²) in [6, 6.07) is 41.9. The van der Waals surface area contributed by atoms with Crippen LogP contribution in [0.5, 0.6) is 0 Å². The van der Waals surface area contributed by atoms with E-state index in [0.717, 1.165) is 6.42 Å². The van der Waals surface area contributed by atoms with Gasteiger partial charge in [0.2, 0.25) is 0 Å². The summed E-state index contributed by atoms with van der Waals surface area (Å²) < 4.78 is 6.38. The van der Waals surface area contributed by atoms with E-state index in [0.29, 0.717) is 7.48 Å². The van der Waals surface area contributed by atoms with Crippen LogP contribution in [0.1, 0.15) is 31.9 Å². The number of fused-ring (bicyclic) bond motifs is 3. The monoisotopic (exact) mass is 478 g/mol. The van der Waals surface area contributed by atoms with Crippen molar-refractivity contribution in [1.29, 1.82) is 0 Å². The summed E-state index contributed by atoms with van der Waals surface area (Å²) in [7, 11) is 0.551. The Kier molecular flexibility index (Phi) is 6.06. The smallest absolute Gasteiger partial charge is 0.309 e. The fourth-order valence-corrected chi connectivity index (χ4v) is 5.37. The fourth-order valence-electron chi connectivity index (χ4n) is 5.37. The van der Waals surface area contributed by atoms with Gasteiger partial charge in [-0.3, -0.25) is 0 Å². The molecule has 0 saturated heterocycles. The first kappa shape index (κ1) is 23.5. The molecule has 5 aromatic rings. The van der Waals surface area contributed by atoms with Gasteiger partial charge in [-0.15, -0.1) is 0 Å². The average Bonchev–Trinajstić information content (AvgIpc) is 3.30. The predicted octanol–water partition coefficient (Wildman–Crippen LogP) is 8.05. The molecule has 0 radical (unpaired) electrons. The van der Waals surface area contributed by atoms with Crippen molar-refractivity contribution in [2.45, 2.75) is 32.8 Å². The van der Waals surface area contributed by atoms with E-state index in [9.17, 15) is 0 Å². The van der Waals surface area contributed by atoms with Gasteiger partial charge in [-0.05, 0) is 100 Å². The molecule has 0 aliphatic heterocycles. The van der Waals surface area contributed by atoms with Gasteiger partial charge in [-0.1, -0.05) is 103 Å². The first-order valence-electron chi connectivity index (χ1n) is 13.1. The second kappa shape index (κ2) is 9.54. The van der Waals surface area contributed by atoms with E-state index in [1.807, 2.05) is 0 Å². The van der Waals surface area contributed by atoms with E-state index in [4.69, 9.17) is 4.65 Å². The molecule has 37 heavy (non-hydrogen) atoms. The molecule has 0 N–H and O–H groups in total. The lowest BCUT2D eigenvalue weighted by Gasteiger charge is -2.23. The maximum Gasteiger partial charge on any atom is 0.309 e. The lowest BCUT2D eigenvalue weighted by molar-refractivity contribution is 0.142. The van der Waals surface area contributed by atoms with Crippen molar-refractivity contribution >= 4 is 12.9 Å². The molecule has 0 heterocycles. The van der Waals surface area contributed by atoms with E-state index in [1.165, 1.54) is 61.1 Å². The van der Waals surface area contributed by atoms with Crippen LogP contribution in [0.4, 0.5) is 0 Å². The third-order valence-corrected chi connectivity index (χ3v) is 7.16. The fraction of sp³-hybridized carbons (Fsp3) is 0.143. The Balaban J connectivity index is 1.60. The summed E-state index contributed by atoms with van der Waals surface area (Å²) in [4.78, 5) is 0. The topological polar surface area (TPSA) is 9.23 Å². The molecule has 5 aromatic carbocycles. The van der Waals surface area contributed by atoms with Crippen molar-refractivity contribution in [3.63, 3.8) is 0 Å². The molecule has 0 aromatic heterocycles. The molecule has 0 unspecified atom stereocenters. The van der Waals surface area contributed by atoms with E-state index >= 15 is 0 Å². The Hall–Kier alpha value is -3.88. The molecule has 0 saturated carbocycles. The largest absolute Gasteiger partial charge is 0.430 e. The zero-order valence-corrected chi connectivity index (χ0v) is 21.8. The molecule has 6 rings (SSSR count). The number of hydrogen-bond acceptors (Lipinski definition) is 1. The SMILES string of the molecule is CC(C)(C)OBc1cc(-c2ccccc2)cc(-c2ccc3c(c2)-c2ccccc2C3)c1-c1ccccc1. The van der Waals surface area contributed by atoms with Crippen molar-refractivity contribution < 1.29 is 4.65 Å². The van der Waals surface area contributed by atoms with Crippen LogP contribution >= 0.6 is 0 Å². The van der Waals surface area contributed by atoms with Crippen LogP contribution in [0.15, 0.2) is 115 Å². The lowest BCUT2D eigenvalue weighted by atomic mass is 9.75. The second-order valence-corrected chi connectivity index (χ2v) is 10.9. The van der Waals surface area contributed by atoms with Gasteiger partial charge in [0, 0.05) is 5.60 Å². The highest BCUT2D eigenvalue weighted by Gasteiger charge is 2.22. The third kappa shape index (κ3) is 4.78. The van der Waals surface area contributed by atoms with Gasteiger partial charge in [0.15, 0.2) is 0 Å². The van der Waals surface area contributed by atoms with Crippen LogP contribution in [0.25, 0.3) is 44.5 Å². The van der Waals surface area contributed by atoms with Crippen molar-refractivity contribution in [3.8, 4) is 44.5 Å². The molecule has 180 valence electrons. The number of rotatable bonds is 5. The molecule has 0 amide bonds. The molecule has 1 aliphatic rings. The van der Waals surface area contributed by atoms with Gasteiger partial charge in [-0.25, -0.2) is 0 Å². The lowest BCUT2D eigenvalue weighted by Crippen LogP contribution is -2.30. The molecule has 1 aliphatic carbocycles. The maximum atomic E-state index is 6.38. The Labute approximate surface area is 221 Å². The first-order chi connectivity index (χ1) is 18.0. The molecule has 0 spiro atoms. The van der Waals surface area contributed by atoms with E-state index in [-0.39, 0.29) is 5.60 Å². The van der Waals surface area contributed by atoms with Crippen molar-refractivity contribution in [2.75, 3.05) is 0 Å². The van der Waals surface area contributed by atoms with Crippen molar-refractivity contribution in [1.82, 2.24) is 0 Å². The molecule has 2 heteroatoms. The zero-order chi connectivity index (χ0) is 25.4. The van der Waals surface area contributed by atoms with Crippen LogP contribution < -0.4 is 5.46 Å². The predicted molar refractivity (Wildman–Crippen MR) is 159 cm³/mol. The Morgan fingerprint density at radius 3 is 1.89 bits per heavy atom. The Morgan fingerprint density at radius 1 is 0.541 bits per heavy atom. The van der Waals surface area contributed by atoms with Crippen LogP contribution in [-0.4, -0.2) is 13.1 Å². The molecule has 0 bridgehead atoms. The maximum absolute atomic E-state index is 6.38. The van der Waals surface area contributed by atoms with Crippen molar-refractivity contribution in [3.05, 3.63) is 126 Å².